The fourth-order valence-electron chi connectivity index (χ4n) is 9.89. The molecule has 2 atom stereocenters. The molecular formula is C89H140NO8P. The number of unbranched alkanes of at least 4 members (excludes halogenated alkanes) is 19. The van der Waals surface area contributed by atoms with Crippen LogP contribution >= 0.6 is 7.82 Å². The van der Waals surface area contributed by atoms with Crippen LogP contribution in [0.15, 0.2) is 231 Å². The lowest BCUT2D eigenvalue weighted by atomic mass is 10.0. The van der Waals surface area contributed by atoms with Gasteiger partial charge in [0.15, 0.2) is 6.10 Å². The molecule has 0 aromatic heterocycles. The molecule has 0 radical (unpaired) electrons. The average molecular weight is 1380 g/mol. The number of phosphoric acid groups is 1. The second kappa shape index (κ2) is 81.0. The predicted octanol–water partition coefficient (Wildman–Crippen LogP) is 26.5. The molecule has 0 aromatic carbocycles. The van der Waals surface area contributed by atoms with Gasteiger partial charge in [0.25, 0.3) is 0 Å². The third-order valence-electron chi connectivity index (χ3n) is 15.5. The molecule has 9 nitrogen and oxygen atoms in total. The van der Waals surface area contributed by atoms with Crippen molar-refractivity contribution in [3.63, 3.8) is 0 Å². The number of hydrogen-bond donors (Lipinski definition) is 2. The van der Waals surface area contributed by atoms with Crippen molar-refractivity contribution >= 4 is 19.8 Å². The molecule has 0 spiro atoms. The predicted molar refractivity (Wildman–Crippen MR) is 431 cm³/mol. The topological polar surface area (TPSA) is 134 Å². The van der Waals surface area contributed by atoms with Gasteiger partial charge in [-0.3, -0.25) is 18.6 Å². The maximum absolute atomic E-state index is 12.8. The van der Waals surface area contributed by atoms with Crippen molar-refractivity contribution in [2.75, 3.05) is 26.4 Å². The summed E-state index contributed by atoms with van der Waals surface area (Å²) in [5, 5.41) is 0. The van der Waals surface area contributed by atoms with Gasteiger partial charge in [0.1, 0.15) is 6.61 Å². The van der Waals surface area contributed by atoms with Crippen LogP contribution in [0.3, 0.4) is 0 Å². The summed E-state index contributed by atoms with van der Waals surface area (Å²) < 4.78 is 33.2. The smallest absolute Gasteiger partial charge is 0.462 e. The zero-order valence-electron chi connectivity index (χ0n) is 62.4. The van der Waals surface area contributed by atoms with Gasteiger partial charge >= 0.3 is 19.8 Å². The number of esters is 2. The van der Waals surface area contributed by atoms with Gasteiger partial charge < -0.3 is 20.1 Å². The number of hydrogen-bond acceptors (Lipinski definition) is 8. The number of ether oxygens (including phenoxy) is 2. The Kier molecular flexibility index (Phi) is 76.2. The van der Waals surface area contributed by atoms with Crippen molar-refractivity contribution in [3.8, 4) is 0 Å². The summed E-state index contributed by atoms with van der Waals surface area (Å²) in [4.78, 5) is 35.4. The lowest BCUT2D eigenvalue weighted by molar-refractivity contribution is -0.161. The molecular weight excluding hydrogens is 1240 g/mol. The summed E-state index contributed by atoms with van der Waals surface area (Å²) in [5.41, 5.74) is 5.41. The maximum Gasteiger partial charge on any atom is 0.472 e. The van der Waals surface area contributed by atoms with E-state index in [2.05, 4.69) is 245 Å². The summed E-state index contributed by atoms with van der Waals surface area (Å²) in [6, 6.07) is 0. The average Bonchev–Trinajstić information content (AvgIpc) is 1.35. The fraction of sp³-hybridized carbons (Fsp3) is 0.551. The number of rotatable bonds is 70. The van der Waals surface area contributed by atoms with Gasteiger partial charge in [0.2, 0.25) is 0 Å². The molecule has 0 aliphatic heterocycles. The summed E-state index contributed by atoms with van der Waals surface area (Å²) in [5.74, 6) is -0.889. The Hall–Kier alpha value is -5.93. The first kappa shape index (κ1) is 93.1. The van der Waals surface area contributed by atoms with Crippen LogP contribution in [0.25, 0.3) is 0 Å². The van der Waals surface area contributed by atoms with Crippen LogP contribution in [-0.4, -0.2) is 49.3 Å². The Morgan fingerprint density at radius 1 is 0.303 bits per heavy atom. The van der Waals surface area contributed by atoms with Crippen LogP contribution in [0.1, 0.15) is 284 Å². The molecule has 0 aliphatic carbocycles. The minimum Gasteiger partial charge on any atom is -0.462 e. The molecule has 0 bridgehead atoms. The van der Waals surface area contributed by atoms with Crippen LogP contribution in [0.2, 0.25) is 0 Å². The van der Waals surface area contributed by atoms with E-state index >= 15 is 0 Å². The van der Waals surface area contributed by atoms with E-state index in [9.17, 15) is 19.0 Å². The summed E-state index contributed by atoms with van der Waals surface area (Å²) >= 11 is 0. The summed E-state index contributed by atoms with van der Waals surface area (Å²) in [6.07, 6.45) is 127. The highest BCUT2D eigenvalue weighted by Gasteiger charge is 2.26. The van der Waals surface area contributed by atoms with Crippen molar-refractivity contribution in [3.05, 3.63) is 231 Å². The third-order valence-corrected chi connectivity index (χ3v) is 16.5. The van der Waals surface area contributed by atoms with Crippen molar-refractivity contribution in [2.45, 2.75) is 290 Å². The van der Waals surface area contributed by atoms with Gasteiger partial charge in [-0.15, -0.1) is 0 Å². The molecule has 0 amide bonds. The second-order valence-electron chi connectivity index (χ2n) is 24.8. The largest absolute Gasteiger partial charge is 0.472 e. The standard InChI is InChI=1S/C89H140NO8P/c1-3-5-7-9-11-13-15-17-19-21-23-25-27-29-31-33-35-37-39-41-43-45-47-49-51-53-55-57-59-61-63-65-67-69-71-73-75-77-79-81-88(91)95-85-87(86-97-99(93,94)96-84-83-90)98-89(92)82-80-78-76-74-72-70-68-66-64-62-60-58-56-54-52-50-48-46-44-42-40-38-36-34-32-30-28-26-24-22-20-18-16-14-12-10-8-6-4-2/h5-8,11-14,17-20,23-26,29-32,35-38,41-44,48,50,54,56,60,62,66,68,72,74,87H,3-4,9-10,15-16,21-22,27-28,33-34,39-40,45-47,49,51-53,55,57-59,61,63-65,67,69-71,73,75-86,90H2,1-2H3,(H,93,94)/b7-5-,8-6-,13-11-,14-12-,19-17-,20-18-,25-23-,26-24-,31-29-,32-30-,37-35-,38-36-,43-41-,44-42-,50-48-,56-54-,62-60-,68-66-,74-72-. The minimum atomic E-state index is -4.42. The van der Waals surface area contributed by atoms with Gasteiger partial charge in [-0.1, -0.05) is 341 Å². The van der Waals surface area contributed by atoms with Crippen LogP contribution in [0.5, 0.6) is 0 Å². The third kappa shape index (κ3) is 80.9. The Balaban J connectivity index is 3.99. The second-order valence-corrected chi connectivity index (χ2v) is 26.2. The number of phosphoric ester groups is 1. The van der Waals surface area contributed by atoms with Gasteiger partial charge in [0, 0.05) is 19.4 Å². The Labute approximate surface area is 606 Å². The van der Waals surface area contributed by atoms with Crippen molar-refractivity contribution in [1.29, 1.82) is 0 Å². The van der Waals surface area contributed by atoms with Crippen LogP contribution in [0.4, 0.5) is 0 Å². The van der Waals surface area contributed by atoms with Crippen LogP contribution in [-0.2, 0) is 32.7 Å². The quantitative estimate of drug-likeness (QED) is 0.0264. The highest BCUT2D eigenvalue weighted by Crippen LogP contribution is 2.43. The molecule has 3 N–H and O–H groups in total. The lowest BCUT2D eigenvalue weighted by Gasteiger charge is -2.19. The fourth-order valence-corrected chi connectivity index (χ4v) is 10.7. The van der Waals surface area contributed by atoms with E-state index in [4.69, 9.17) is 24.3 Å². The molecule has 0 saturated carbocycles. The van der Waals surface area contributed by atoms with E-state index in [0.717, 1.165) is 161 Å². The van der Waals surface area contributed by atoms with E-state index in [-0.39, 0.29) is 32.6 Å². The van der Waals surface area contributed by atoms with Crippen molar-refractivity contribution in [2.24, 2.45) is 5.73 Å². The SMILES string of the molecule is CC/C=C\C/C=C\C/C=C\C/C=C\C/C=C\C/C=C\C/C=C\C/C=C\C/C=C\C/C=C\C/C=C\C/C=C\CCCCC(=O)OC(COC(=O)CCCCCCCCCCCCCCCCCCC/C=C\C/C=C\C/C=C\C/C=C\C/C=C\C/C=C\C/C=C\CC)COP(=O)(O)OCCN. The monoisotopic (exact) mass is 1380 g/mol. The first-order valence-corrected chi connectivity index (χ1v) is 40.4. The normalized spacial score (nSPS) is 14.2. The molecule has 99 heavy (non-hydrogen) atoms. The number of carbonyl (C=O) groups excluding carboxylic acids is 2. The number of allylic oxidation sites excluding steroid dienone is 38. The summed E-state index contributed by atoms with van der Waals surface area (Å²) in [6.45, 7) is 3.45. The molecule has 0 rings (SSSR count). The van der Waals surface area contributed by atoms with Gasteiger partial charge in [-0.25, -0.2) is 4.57 Å². The Morgan fingerprint density at radius 2 is 0.525 bits per heavy atom. The van der Waals surface area contributed by atoms with E-state index in [1.807, 2.05) is 0 Å². The zero-order chi connectivity index (χ0) is 71.5. The van der Waals surface area contributed by atoms with Crippen molar-refractivity contribution < 1.29 is 37.6 Å². The maximum atomic E-state index is 12.8. The molecule has 0 fully saturated rings. The molecule has 0 aromatic rings. The lowest BCUT2D eigenvalue weighted by Crippen LogP contribution is -2.29. The Morgan fingerprint density at radius 3 is 0.798 bits per heavy atom. The number of nitrogens with two attached hydrogens (primary N) is 1. The van der Waals surface area contributed by atoms with Gasteiger partial charge in [-0.2, -0.15) is 0 Å². The highest BCUT2D eigenvalue weighted by molar-refractivity contribution is 7.47. The highest BCUT2D eigenvalue weighted by atomic mass is 31.2. The zero-order valence-corrected chi connectivity index (χ0v) is 63.3. The van der Waals surface area contributed by atoms with E-state index in [1.165, 1.54) is 89.9 Å². The van der Waals surface area contributed by atoms with E-state index < -0.39 is 32.5 Å². The molecule has 0 saturated heterocycles. The van der Waals surface area contributed by atoms with Crippen LogP contribution in [0, 0.1) is 0 Å². The van der Waals surface area contributed by atoms with E-state index in [0.29, 0.717) is 6.42 Å². The minimum absolute atomic E-state index is 0.0355. The molecule has 0 aliphatic rings. The number of carbonyl (C=O) groups is 2. The van der Waals surface area contributed by atoms with Gasteiger partial charge in [-0.05, 0) is 161 Å². The Bertz CT molecular complexity index is 2490. The van der Waals surface area contributed by atoms with Crippen LogP contribution < -0.4 is 5.73 Å². The molecule has 0 heterocycles. The first-order chi connectivity index (χ1) is 48.8. The molecule has 554 valence electrons. The van der Waals surface area contributed by atoms with E-state index in [1.54, 1.807) is 0 Å². The molecule has 10 heteroatoms. The first-order valence-electron chi connectivity index (χ1n) is 38.9. The summed E-state index contributed by atoms with van der Waals surface area (Å²) in [7, 11) is -4.42. The molecule has 2 unspecified atom stereocenters. The van der Waals surface area contributed by atoms with Gasteiger partial charge in [0.05, 0.1) is 13.2 Å². The van der Waals surface area contributed by atoms with Crippen molar-refractivity contribution in [1.82, 2.24) is 0 Å².